The molecule has 1 aromatic heterocycles. The molecule has 0 spiro atoms. The molecule has 0 radical (unpaired) electrons. The molecule has 1 aliphatic carbocycles. The molecular formula is C12H21N3S. The summed E-state index contributed by atoms with van der Waals surface area (Å²) in [4.78, 5) is 4.44. The Kier molecular flexibility index (Phi) is 4.32. The van der Waals surface area contributed by atoms with Crippen molar-refractivity contribution in [2.24, 2.45) is 11.7 Å². The summed E-state index contributed by atoms with van der Waals surface area (Å²) in [6.45, 7) is 3.97. The van der Waals surface area contributed by atoms with Crippen molar-refractivity contribution in [2.45, 2.75) is 45.2 Å². The van der Waals surface area contributed by atoms with E-state index >= 15 is 0 Å². The van der Waals surface area contributed by atoms with Gasteiger partial charge in [-0.15, -0.1) is 11.3 Å². The topological polar surface area (TPSA) is 50.9 Å². The summed E-state index contributed by atoms with van der Waals surface area (Å²) in [5, 5.41) is 6.75. The van der Waals surface area contributed by atoms with Gasteiger partial charge >= 0.3 is 0 Å². The van der Waals surface area contributed by atoms with Crippen molar-refractivity contribution in [1.82, 2.24) is 10.3 Å². The van der Waals surface area contributed by atoms with Crippen molar-refractivity contribution in [3.05, 3.63) is 16.1 Å². The fourth-order valence-corrected chi connectivity index (χ4v) is 2.98. The molecule has 2 rings (SSSR count). The molecule has 2 atom stereocenters. The summed E-state index contributed by atoms with van der Waals surface area (Å²) >= 11 is 1.72. The Morgan fingerprint density at radius 3 is 3.00 bits per heavy atom. The van der Waals surface area contributed by atoms with E-state index in [1.807, 2.05) is 6.92 Å². The van der Waals surface area contributed by atoms with Gasteiger partial charge in [0.25, 0.3) is 0 Å². The maximum absolute atomic E-state index is 6.11. The van der Waals surface area contributed by atoms with Crippen LogP contribution in [0.25, 0.3) is 0 Å². The second kappa shape index (κ2) is 5.75. The fourth-order valence-electron chi connectivity index (χ4n) is 2.36. The SMILES string of the molecule is Cc1nc(CNCC2CCCCC2N)cs1. The molecule has 1 aliphatic rings. The lowest BCUT2D eigenvalue weighted by atomic mass is 9.85. The molecule has 1 fully saturated rings. The zero-order valence-corrected chi connectivity index (χ0v) is 10.7. The van der Waals surface area contributed by atoms with E-state index < -0.39 is 0 Å². The van der Waals surface area contributed by atoms with Crippen LogP contribution < -0.4 is 11.1 Å². The summed E-state index contributed by atoms with van der Waals surface area (Å²) in [6.07, 6.45) is 5.13. The number of rotatable bonds is 4. The van der Waals surface area contributed by atoms with E-state index in [0.29, 0.717) is 12.0 Å². The quantitative estimate of drug-likeness (QED) is 0.845. The Hall–Kier alpha value is -0.450. The van der Waals surface area contributed by atoms with Crippen LogP contribution in [0.2, 0.25) is 0 Å². The van der Waals surface area contributed by atoms with E-state index in [2.05, 4.69) is 15.7 Å². The van der Waals surface area contributed by atoms with Gasteiger partial charge in [-0.25, -0.2) is 4.98 Å². The van der Waals surface area contributed by atoms with Gasteiger partial charge in [-0.1, -0.05) is 12.8 Å². The molecule has 90 valence electrons. The van der Waals surface area contributed by atoms with Crippen LogP contribution in [-0.2, 0) is 6.54 Å². The van der Waals surface area contributed by atoms with Crippen molar-refractivity contribution in [1.29, 1.82) is 0 Å². The standard InChI is InChI=1S/C12H21N3S/c1-9-15-11(8-16-9)7-14-6-10-4-2-3-5-12(10)13/h8,10,12,14H,2-7,13H2,1H3. The number of hydrogen-bond donors (Lipinski definition) is 2. The van der Waals surface area contributed by atoms with Crippen LogP contribution in [-0.4, -0.2) is 17.6 Å². The lowest BCUT2D eigenvalue weighted by Crippen LogP contribution is -2.39. The minimum absolute atomic E-state index is 0.401. The van der Waals surface area contributed by atoms with Crippen molar-refractivity contribution in [3.8, 4) is 0 Å². The predicted octanol–water partition coefficient (Wildman–Crippen LogP) is 2.06. The largest absolute Gasteiger partial charge is 0.327 e. The van der Waals surface area contributed by atoms with Gasteiger partial charge in [0.05, 0.1) is 10.7 Å². The van der Waals surface area contributed by atoms with E-state index in [-0.39, 0.29) is 0 Å². The second-order valence-electron chi connectivity index (χ2n) is 4.70. The van der Waals surface area contributed by atoms with Gasteiger partial charge in [0.15, 0.2) is 0 Å². The third-order valence-electron chi connectivity index (χ3n) is 3.35. The monoisotopic (exact) mass is 239 g/mol. The molecule has 0 aliphatic heterocycles. The number of hydrogen-bond acceptors (Lipinski definition) is 4. The molecule has 0 amide bonds. The van der Waals surface area contributed by atoms with E-state index in [1.165, 1.54) is 25.7 Å². The summed E-state index contributed by atoms with van der Waals surface area (Å²) in [7, 11) is 0. The van der Waals surface area contributed by atoms with E-state index in [0.717, 1.165) is 23.8 Å². The van der Waals surface area contributed by atoms with Crippen molar-refractivity contribution < 1.29 is 0 Å². The maximum atomic E-state index is 6.11. The summed E-state index contributed by atoms with van der Waals surface area (Å²) in [5.41, 5.74) is 7.27. The average molecular weight is 239 g/mol. The Balaban J connectivity index is 1.71. The molecule has 3 N–H and O–H groups in total. The number of nitrogens with zero attached hydrogens (tertiary/aromatic N) is 1. The van der Waals surface area contributed by atoms with Gasteiger partial charge in [0.2, 0.25) is 0 Å². The van der Waals surface area contributed by atoms with E-state index in [9.17, 15) is 0 Å². The van der Waals surface area contributed by atoms with Crippen molar-refractivity contribution >= 4 is 11.3 Å². The average Bonchev–Trinajstić information content (AvgIpc) is 2.67. The van der Waals surface area contributed by atoms with Crippen LogP contribution in [0.1, 0.15) is 36.4 Å². The smallest absolute Gasteiger partial charge is 0.0897 e. The number of aromatic nitrogens is 1. The first kappa shape index (κ1) is 12.0. The molecule has 3 nitrogen and oxygen atoms in total. The zero-order valence-electron chi connectivity index (χ0n) is 9.91. The summed E-state index contributed by atoms with van der Waals surface area (Å²) in [5.74, 6) is 0.661. The van der Waals surface area contributed by atoms with Crippen LogP contribution in [0.4, 0.5) is 0 Å². The third kappa shape index (κ3) is 3.27. The highest BCUT2D eigenvalue weighted by atomic mass is 32.1. The molecule has 0 bridgehead atoms. The number of aryl methyl sites for hydroxylation is 1. The molecule has 1 heterocycles. The van der Waals surface area contributed by atoms with Crippen LogP contribution in [0.3, 0.4) is 0 Å². The highest BCUT2D eigenvalue weighted by molar-refractivity contribution is 7.09. The van der Waals surface area contributed by atoms with Gasteiger partial charge in [0.1, 0.15) is 0 Å². The van der Waals surface area contributed by atoms with Gasteiger partial charge in [0, 0.05) is 18.0 Å². The van der Waals surface area contributed by atoms with Gasteiger partial charge in [-0.3, -0.25) is 0 Å². The fraction of sp³-hybridized carbons (Fsp3) is 0.750. The maximum Gasteiger partial charge on any atom is 0.0897 e. The first-order valence-electron chi connectivity index (χ1n) is 6.13. The molecular weight excluding hydrogens is 218 g/mol. The number of nitrogens with two attached hydrogens (primary N) is 1. The molecule has 1 saturated carbocycles. The first-order valence-corrected chi connectivity index (χ1v) is 7.01. The van der Waals surface area contributed by atoms with Crippen LogP contribution in [0, 0.1) is 12.8 Å². The Labute approximate surface area is 101 Å². The predicted molar refractivity (Wildman–Crippen MR) is 68.5 cm³/mol. The second-order valence-corrected chi connectivity index (χ2v) is 5.76. The van der Waals surface area contributed by atoms with Gasteiger partial charge < -0.3 is 11.1 Å². The van der Waals surface area contributed by atoms with Crippen LogP contribution >= 0.6 is 11.3 Å². The molecule has 4 heteroatoms. The van der Waals surface area contributed by atoms with Crippen molar-refractivity contribution in [3.63, 3.8) is 0 Å². The molecule has 2 unspecified atom stereocenters. The van der Waals surface area contributed by atoms with E-state index in [1.54, 1.807) is 11.3 Å². The van der Waals surface area contributed by atoms with Gasteiger partial charge in [-0.2, -0.15) is 0 Å². The molecule has 0 aromatic carbocycles. The Morgan fingerprint density at radius 2 is 2.31 bits per heavy atom. The lowest BCUT2D eigenvalue weighted by Gasteiger charge is -2.28. The molecule has 0 saturated heterocycles. The lowest BCUT2D eigenvalue weighted by molar-refractivity contribution is 0.296. The highest BCUT2D eigenvalue weighted by Crippen LogP contribution is 2.22. The van der Waals surface area contributed by atoms with Crippen molar-refractivity contribution in [2.75, 3.05) is 6.54 Å². The summed E-state index contributed by atoms with van der Waals surface area (Å²) < 4.78 is 0. The van der Waals surface area contributed by atoms with Crippen LogP contribution in [0.5, 0.6) is 0 Å². The normalized spacial score (nSPS) is 25.9. The van der Waals surface area contributed by atoms with Gasteiger partial charge in [-0.05, 0) is 32.2 Å². The third-order valence-corrected chi connectivity index (χ3v) is 4.17. The number of thiazole rings is 1. The molecule has 1 aromatic rings. The van der Waals surface area contributed by atoms with Crippen LogP contribution in [0.15, 0.2) is 5.38 Å². The Morgan fingerprint density at radius 1 is 1.50 bits per heavy atom. The first-order chi connectivity index (χ1) is 7.75. The highest BCUT2D eigenvalue weighted by Gasteiger charge is 2.20. The molecule has 16 heavy (non-hydrogen) atoms. The number of nitrogens with one attached hydrogen (secondary N) is 1. The summed E-state index contributed by atoms with van der Waals surface area (Å²) in [6, 6.07) is 0.401. The Bertz CT molecular complexity index is 324. The zero-order chi connectivity index (χ0) is 11.4. The minimum Gasteiger partial charge on any atom is -0.327 e. The van der Waals surface area contributed by atoms with E-state index in [4.69, 9.17) is 5.73 Å². The minimum atomic E-state index is 0.401.